The standard InChI is InChI=1S/C24H25ClFN5O3/c25-15-9-14(1-2-16(15)26)10-27-17-11-28-19-18(17)30-13-31-20(19)21(32)29-12-23-3-6-24(7-4-23,8-5-23)22(33)34/h1-2,9,11,13,27-28H,3-8,10,12H2,(H,29,32)(H,33,34). The maximum Gasteiger partial charge on any atom is 0.309 e. The van der Waals surface area contributed by atoms with Crippen molar-refractivity contribution in [3.63, 3.8) is 0 Å². The fourth-order valence-corrected chi connectivity index (χ4v) is 5.50. The SMILES string of the molecule is O=C(NCC12CCC(C(=O)O)(CC1)CC2)c1ncnc2c(NCc3ccc(F)c(Cl)c3)c[nH]c12. The van der Waals surface area contributed by atoms with Crippen LogP contribution in [0, 0.1) is 16.6 Å². The number of hydrogen-bond acceptors (Lipinski definition) is 5. The molecule has 6 rings (SSSR count). The first-order valence-corrected chi connectivity index (χ1v) is 11.7. The fourth-order valence-electron chi connectivity index (χ4n) is 5.29. The molecule has 3 aromatic rings. The Morgan fingerprint density at radius 2 is 1.88 bits per heavy atom. The van der Waals surface area contributed by atoms with E-state index in [0.717, 1.165) is 24.8 Å². The highest BCUT2D eigenvalue weighted by atomic mass is 35.5. The average Bonchev–Trinajstić information content (AvgIpc) is 3.27. The predicted octanol–water partition coefficient (Wildman–Crippen LogP) is 4.52. The van der Waals surface area contributed by atoms with Crippen molar-refractivity contribution in [2.24, 2.45) is 10.8 Å². The second kappa shape index (κ2) is 8.54. The number of aliphatic carboxylic acids is 1. The Labute approximate surface area is 200 Å². The van der Waals surface area contributed by atoms with E-state index < -0.39 is 17.2 Å². The number of fused-ring (bicyclic) bond motifs is 4. The first-order valence-electron chi connectivity index (χ1n) is 11.3. The molecule has 3 aliphatic rings. The number of H-pyrrole nitrogens is 1. The second-order valence-corrected chi connectivity index (χ2v) is 9.93. The number of nitrogens with one attached hydrogen (secondary N) is 3. The molecule has 2 bridgehead atoms. The molecule has 34 heavy (non-hydrogen) atoms. The van der Waals surface area contributed by atoms with E-state index >= 15 is 0 Å². The lowest BCUT2D eigenvalue weighted by Crippen LogP contribution is -2.50. The van der Waals surface area contributed by atoms with Crippen LogP contribution in [0.4, 0.5) is 10.1 Å². The molecule has 1 amide bonds. The number of rotatable bonds is 7. The van der Waals surface area contributed by atoms with Crippen LogP contribution in [0.25, 0.3) is 11.0 Å². The lowest BCUT2D eigenvalue weighted by atomic mass is 9.53. The van der Waals surface area contributed by atoms with E-state index in [2.05, 4.69) is 25.6 Å². The van der Waals surface area contributed by atoms with E-state index in [9.17, 15) is 19.1 Å². The Hall–Kier alpha value is -3.20. The minimum Gasteiger partial charge on any atom is -0.481 e. The predicted molar refractivity (Wildman–Crippen MR) is 125 cm³/mol. The molecule has 0 spiro atoms. The number of carboxylic acid groups (broad SMARTS) is 1. The van der Waals surface area contributed by atoms with E-state index in [4.69, 9.17) is 11.6 Å². The first kappa shape index (κ1) is 22.6. The molecular formula is C24H25ClFN5O3. The molecule has 178 valence electrons. The lowest BCUT2D eigenvalue weighted by molar-refractivity contribution is -0.158. The van der Waals surface area contributed by atoms with Gasteiger partial charge >= 0.3 is 5.97 Å². The quantitative estimate of drug-likeness (QED) is 0.390. The zero-order chi connectivity index (χ0) is 23.9. The van der Waals surface area contributed by atoms with Crippen LogP contribution in [0.2, 0.25) is 5.02 Å². The minimum absolute atomic E-state index is 0.0438. The van der Waals surface area contributed by atoms with Gasteiger partial charge in [0.25, 0.3) is 5.91 Å². The maximum absolute atomic E-state index is 13.4. The molecule has 2 aromatic heterocycles. The summed E-state index contributed by atoms with van der Waals surface area (Å²) >= 11 is 5.85. The van der Waals surface area contributed by atoms with Gasteiger partial charge in [0.1, 0.15) is 17.7 Å². The van der Waals surface area contributed by atoms with Crippen molar-refractivity contribution in [1.82, 2.24) is 20.3 Å². The summed E-state index contributed by atoms with van der Waals surface area (Å²) in [4.78, 5) is 36.3. The molecule has 8 nitrogen and oxygen atoms in total. The molecular weight excluding hydrogens is 461 g/mol. The van der Waals surface area contributed by atoms with Crippen molar-refractivity contribution in [2.75, 3.05) is 11.9 Å². The number of carbonyl (C=O) groups excluding carboxylic acids is 1. The van der Waals surface area contributed by atoms with E-state index in [0.29, 0.717) is 49.1 Å². The molecule has 0 atom stereocenters. The topological polar surface area (TPSA) is 120 Å². The van der Waals surface area contributed by atoms with Crippen molar-refractivity contribution >= 4 is 40.2 Å². The monoisotopic (exact) mass is 485 g/mol. The summed E-state index contributed by atoms with van der Waals surface area (Å²) < 4.78 is 13.4. The number of anilines is 1. The van der Waals surface area contributed by atoms with Crippen LogP contribution in [-0.4, -0.2) is 38.5 Å². The molecule has 0 saturated heterocycles. The van der Waals surface area contributed by atoms with Gasteiger partial charge in [-0.1, -0.05) is 17.7 Å². The van der Waals surface area contributed by atoms with Gasteiger partial charge in [0.15, 0.2) is 5.69 Å². The van der Waals surface area contributed by atoms with Gasteiger partial charge in [0.2, 0.25) is 0 Å². The Balaban J connectivity index is 1.26. The number of halogens is 2. The number of nitrogens with zero attached hydrogens (tertiary/aromatic N) is 2. The molecule has 0 radical (unpaired) electrons. The molecule has 2 heterocycles. The Bertz CT molecular complexity index is 1250. The van der Waals surface area contributed by atoms with E-state index in [1.807, 2.05) is 0 Å². The smallest absolute Gasteiger partial charge is 0.309 e. The third-order valence-electron chi connectivity index (χ3n) is 7.62. The second-order valence-electron chi connectivity index (χ2n) is 9.52. The Morgan fingerprint density at radius 3 is 2.56 bits per heavy atom. The van der Waals surface area contributed by atoms with E-state index in [1.165, 1.54) is 12.4 Å². The van der Waals surface area contributed by atoms with Crippen molar-refractivity contribution in [3.8, 4) is 0 Å². The third-order valence-corrected chi connectivity index (χ3v) is 7.91. The molecule has 3 fully saturated rings. The Morgan fingerprint density at radius 1 is 1.15 bits per heavy atom. The first-order chi connectivity index (χ1) is 16.3. The zero-order valence-corrected chi connectivity index (χ0v) is 19.2. The van der Waals surface area contributed by atoms with Crippen LogP contribution in [0.5, 0.6) is 0 Å². The Kier molecular flexibility index (Phi) is 5.67. The summed E-state index contributed by atoms with van der Waals surface area (Å²) in [5.41, 5.74) is 2.23. The largest absolute Gasteiger partial charge is 0.481 e. The van der Waals surface area contributed by atoms with Crippen LogP contribution in [-0.2, 0) is 11.3 Å². The van der Waals surface area contributed by atoms with Crippen LogP contribution >= 0.6 is 11.6 Å². The van der Waals surface area contributed by atoms with Gasteiger partial charge in [0.05, 0.1) is 21.6 Å². The number of aromatic nitrogens is 3. The summed E-state index contributed by atoms with van der Waals surface area (Å²) in [5.74, 6) is -1.45. The van der Waals surface area contributed by atoms with Crippen molar-refractivity contribution in [2.45, 2.75) is 45.1 Å². The zero-order valence-electron chi connectivity index (χ0n) is 18.5. The van der Waals surface area contributed by atoms with Gasteiger partial charge in [0, 0.05) is 19.3 Å². The van der Waals surface area contributed by atoms with Crippen LogP contribution in [0.3, 0.4) is 0 Å². The highest BCUT2D eigenvalue weighted by Gasteiger charge is 2.52. The highest BCUT2D eigenvalue weighted by Crippen LogP contribution is 2.56. The van der Waals surface area contributed by atoms with E-state index in [-0.39, 0.29) is 22.0 Å². The van der Waals surface area contributed by atoms with Gasteiger partial charge in [-0.3, -0.25) is 9.59 Å². The summed E-state index contributed by atoms with van der Waals surface area (Å²) in [6.45, 7) is 0.906. The van der Waals surface area contributed by atoms with Crippen LogP contribution < -0.4 is 10.6 Å². The molecule has 10 heteroatoms. The number of hydrogen-bond donors (Lipinski definition) is 4. The average molecular weight is 486 g/mol. The number of benzene rings is 1. The molecule has 0 aliphatic heterocycles. The molecule has 3 aliphatic carbocycles. The van der Waals surface area contributed by atoms with Gasteiger partial charge in [-0.2, -0.15) is 0 Å². The number of amides is 1. The maximum atomic E-state index is 13.4. The van der Waals surface area contributed by atoms with Gasteiger partial charge in [-0.05, 0) is 61.6 Å². The molecule has 0 unspecified atom stereocenters. The van der Waals surface area contributed by atoms with Gasteiger partial charge < -0.3 is 20.7 Å². The molecule has 1 aromatic carbocycles. The minimum atomic E-state index is -0.688. The summed E-state index contributed by atoms with van der Waals surface area (Å²) in [5, 5.41) is 15.9. The summed E-state index contributed by atoms with van der Waals surface area (Å²) in [7, 11) is 0. The molecule has 3 saturated carbocycles. The van der Waals surface area contributed by atoms with Crippen LogP contribution in [0.15, 0.2) is 30.7 Å². The number of carbonyl (C=O) groups is 2. The van der Waals surface area contributed by atoms with E-state index in [1.54, 1.807) is 18.3 Å². The van der Waals surface area contributed by atoms with Crippen molar-refractivity contribution < 1.29 is 19.1 Å². The summed E-state index contributed by atoms with van der Waals surface area (Å²) in [6, 6.07) is 4.52. The fraction of sp³-hybridized carbons (Fsp3) is 0.417. The molecule has 4 N–H and O–H groups in total. The lowest BCUT2D eigenvalue weighted by Gasteiger charge is -2.51. The normalized spacial score (nSPS) is 23.7. The number of aromatic amines is 1. The summed E-state index contributed by atoms with van der Waals surface area (Å²) in [6.07, 6.45) is 7.50. The van der Waals surface area contributed by atoms with Crippen molar-refractivity contribution in [1.29, 1.82) is 0 Å². The van der Waals surface area contributed by atoms with Gasteiger partial charge in [-0.15, -0.1) is 0 Å². The number of carboxylic acids is 1. The van der Waals surface area contributed by atoms with Crippen LogP contribution in [0.1, 0.15) is 54.6 Å². The highest BCUT2D eigenvalue weighted by molar-refractivity contribution is 6.30. The third kappa shape index (κ3) is 3.98. The van der Waals surface area contributed by atoms with Gasteiger partial charge in [-0.25, -0.2) is 14.4 Å². The van der Waals surface area contributed by atoms with Crippen molar-refractivity contribution in [3.05, 3.63) is 52.8 Å².